The van der Waals surface area contributed by atoms with Crippen LogP contribution in [0.3, 0.4) is 0 Å². The van der Waals surface area contributed by atoms with E-state index < -0.39 is 0 Å². The molecule has 2 aromatic rings. The fraction of sp³-hybridized carbons (Fsp3) is 0.368. The molecular formula is C19H25Cl2N3O2S. The van der Waals surface area contributed by atoms with Crippen LogP contribution in [-0.4, -0.2) is 37.1 Å². The number of benzene rings is 1. The lowest BCUT2D eigenvalue weighted by molar-refractivity contribution is -0.120. The van der Waals surface area contributed by atoms with Crippen molar-refractivity contribution in [3.05, 3.63) is 47.0 Å². The van der Waals surface area contributed by atoms with Crippen molar-refractivity contribution in [1.82, 2.24) is 15.6 Å². The highest BCUT2D eigenvalue weighted by atomic mass is 35.5. The van der Waals surface area contributed by atoms with Crippen molar-refractivity contribution < 1.29 is 9.53 Å². The first-order chi connectivity index (χ1) is 12.2. The summed E-state index contributed by atoms with van der Waals surface area (Å²) in [7, 11) is 0. The maximum absolute atomic E-state index is 12.1. The van der Waals surface area contributed by atoms with E-state index in [4.69, 9.17) is 4.74 Å². The van der Waals surface area contributed by atoms with Gasteiger partial charge in [-0.2, -0.15) is 0 Å². The fourth-order valence-electron chi connectivity index (χ4n) is 2.65. The molecule has 3 rings (SSSR count). The van der Waals surface area contributed by atoms with Gasteiger partial charge < -0.3 is 15.4 Å². The Hall–Kier alpha value is -1.60. The molecule has 148 valence electrons. The number of halogens is 2. The van der Waals surface area contributed by atoms with Crippen LogP contribution in [0.1, 0.15) is 19.0 Å². The molecule has 1 aromatic heterocycles. The number of rotatable bonds is 7. The molecule has 1 aliphatic heterocycles. The van der Waals surface area contributed by atoms with Crippen molar-refractivity contribution in [3.63, 3.8) is 0 Å². The molecule has 2 N–H and O–H groups in total. The largest absolute Gasteiger partial charge is 0.494 e. The van der Waals surface area contributed by atoms with E-state index in [2.05, 4.69) is 21.7 Å². The lowest BCUT2D eigenvalue weighted by Gasteiger charge is -2.14. The molecule has 0 bridgehead atoms. The van der Waals surface area contributed by atoms with Gasteiger partial charge in [-0.1, -0.05) is 11.6 Å². The Morgan fingerprint density at radius 2 is 2.07 bits per heavy atom. The summed E-state index contributed by atoms with van der Waals surface area (Å²) in [5.74, 6) is 0.873. The van der Waals surface area contributed by atoms with Gasteiger partial charge in [0.05, 0.1) is 18.7 Å². The number of amides is 1. The third kappa shape index (κ3) is 7.14. The van der Waals surface area contributed by atoms with Gasteiger partial charge in [-0.15, -0.1) is 36.2 Å². The number of hydrogen-bond donors (Lipinski definition) is 2. The topological polar surface area (TPSA) is 63.2 Å². The van der Waals surface area contributed by atoms with Crippen LogP contribution >= 0.6 is 36.2 Å². The molecule has 0 saturated carbocycles. The molecule has 0 radical (unpaired) electrons. The quantitative estimate of drug-likeness (QED) is 0.659. The zero-order valence-electron chi connectivity index (χ0n) is 15.2. The van der Waals surface area contributed by atoms with Gasteiger partial charge >= 0.3 is 0 Å². The molecular weight excluding hydrogens is 405 g/mol. The smallest absolute Gasteiger partial charge is 0.226 e. The molecule has 8 heteroatoms. The summed E-state index contributed by atoms with van der Waals surface area (Å²) < 4.78 is 5.45. The minimum atomic E-state index is 0. The zero-order valence-corrected chi connectivity index (χ0v) is 17.6. The maximum Gasteiger partial charge on any atom is 0.226 e. The van der Waals surface area contributed by atoms with E-state index >= 15 is 0 Å². The van der Waals surface area contributed by atoms with Crippen LogP contribution < -0.4 is 15.4 Å². The number of carbonyl (C=O) groups is 1. The van der Waals surface area contributed by atoms with Gasteiger partial charge in [0.15, 0.2) is 0 Å². The number of aromatic nitrogens is 1. The van der Waals surface area contributed by atoms with Crippen molar-refractivity contribution in [2.45, 2.75) is 19.8 Å². The molecule has 0 saturated heterocycles. The van der Waals surface area contributed by atoms with Gasteiger partial charge in [0.2, 0.25) is 5.91 Å². The predicted molar refractivity (Wildman–Crippen MR) is 115 cm³/mol. The number of thiazole rings is 1. The summed E-state index contributed by atoms with van der Waals surface area (Å²) in [6.45, 7) is 5.13. The Bertz CT molecular complexity index is 748. The lowest BCUT2D eigenvalue weighted by Crippen LogP contribution is -2.30. The van der Waals surface area contributed by atoms with E-state index in [9.17, 15) is 4.79 Å². The molecule has 1 aromatic carbocycles. The number of carbonyl (C=O) groups excluding carboxylic acids is 1. The van der Waals surface area contributed by atoms with E-state index in [0.29, 0.717) is 19.6 Å². The Morgan fingerprint density at radius 3 is 2.74 bits per heavy atom. The molecule has 0 atom stereocenters. The van der Waals surface area contributed by atoms with Crippen LogP contribution in [0.2, 0.25) is 0 Å². The Morgan fingerprint density at radius 1 is 1.30 bits per heavy atom. The standard InChI is InChI=1S/C19H23N3O2S.2ClH/c1-2-24-17-5-3-15(4-6-17)19-22-16(13-25-19)11-18(23)21-12-14-7-9-20-10-8-14;;/h3-7,13,20H,2,8-12H2,1H3,(H,21,23);2*1H. The average molecular weight is 430 g/mol. The molecule has 1 amide bonds. The molecule has 2 heterocycles. The van der Waals surface area contributed by atoms with Crippen LogP contribution in [0, 0.1) is 0 Å². The first kappa shape index (κ1) is 23.4. The second kappa shape index (κ2) is 12.0. The summed E-state index contributed by atoms with van der Waals surface area (Å²) in [6.07, 6.45) is 3.47. The van der Waals surface area contributed by atoms with Gasteiger partial charge in [-0.25, -0.2) is 4.98 Å². The van der Waals surface area contributed by atoms with Crippen LogP contribution in [0.25, 0.3) is 10.6 Å². The van der Waals surface area contributed by atoms with E-state index in [-0.39, 0.29) is 30.7 Å². The minimum Gasteiger partial charge on any atom is -0.494 e. The van der Waals surface area contributed by atoms with Crippen molar-refractivity contribution >= 4 is 42.1 Å². The average Bonchev–Trinajstić information content (AvgIpc) is 3.10. The van der Waals surface area contributed by atoms with Crippen LogP contribution in [0.15, 0.2) is 41.3 Å². The second-order valence-corrected chi connectivity index (χ2v) is 6.73. The highest BCUT2D eigenvalue weighted by Crippen LogP contribution is 2.26. The molecule has 0 unspecified atom stereocenters. The van der Waals surface area contributed by atoms with Crippen LogP contribution in [0.4, 0.5) is 0 Å². The highest BCUT2D eigenvalue weighted by molar-refractivity contribution is 7.13. The molecule has 0 spiro atoms. The van der Waals surface area contributed by atoms with E-state index in [0.717, 1.165) is 41.5 Å². The summed E-state index contributed by atoms with van der Waals surface area (Å²) >= 11 is 1.56. The Labute approximate surface area is 176 Å². The van der Waals surface area contributed by atoms with Gasteiger partial charge in [-0.05, 0) is 44.2 Å². The van der Waals surface area contributed by atoms with Crippen LogP contribution in [0.5, 0.6) is 5.75 Å². The number of ether oxygens (including phenoxy) is 1. The number of nitrogens with zero attached hydrogens (tertiary/aromatic N) is 1. The van der Waals surface area contributed by atoms with Gasteiger partial charge in [0.25, 0.3) is 0 Å². The molecule has 1 aliphatic rings. The maximum atomic E-state index is 12.1. The first-order valence-corrected chi connectivity index (χ1v) is 9.45. The monoisotopic (exact) mass is 429 g/mol. The Balaban J connectivity index is 0.00000182. The SMILES string of the molecule is CCOc1ccc(-c2nc(CC(=O)NCC3=CCNCC3)cs2)cc1.Cl.Cl. The van der Waals surface area contributed by atoms with Crippen molar-refractivity contribution in [2.24, 2.45) is 0 Å². The Kier molecular flexibility index (Phi) is 10.4. The van der Waals surface area contributed by atoms with Crippen molar-refractivity contribution in [2.75, 3.05) is 26.2 Å². The van der Waals surface area contributed by atoms with Gasteiger partial charge in [0.1, 0.15) is 10.8 Å². The van der Waals surface area contributed by atoms with E-state index in [1.807, 2.05) is 36.6 Å². The predicted octanol–water partition coefficient (Wildman–Crippen LogP) is 3.63. The minimum absolute atomic E-state index is 0. The van der Waals surface area contributed by atoms with E-state index in [1.165, 1.54) is 5.57 Å². The first-order valence-electron chi connectivity index (χ1n) is 8.57. The van der Waals surface area contributed by atoms with Crippen molar-refractivity contribution in [3.8, 4) is 16.3 Å². The molecule has 0 aliphatic carbocycles. The molecule has 0 fully saturated rings. The normalized spacial score (nSPS) is 13.0. The number of hydrogen-bond acceptors (Lipinski definition) is 5. The third-order valence-corrected chi connectivity index (χ3v) is 4.92. The number of nitrogens with one attached hydrogen (secondary N) is 2. The summed E-state index contributed by atoms with van der Waals surface area (Å²) in [5, 5.41) is 9.13. The van der Waals surface area contributed by atoms with E-state index in [1.54, 1.807) is 11.3 Å². The van der Waals surface area contributed by atoms with Gasteiger partial charge in [-0.3, -0.25) is 4.79 Å². The summed E-state index contributed by atoms with van der Waals surface area (Å²) in [5.41, 5.74) is 3.14. The molecule has 5 nitrogen and oxygen atoms in total. The lowest BCUT2D eigenvalue weighted by atomic mass is 10.1. The second-order valence-electron chi connectivity index (χ2n) is 5.87. The van der Waals surface area contributed by atoms with Crippen molar-refractivity contribution in [1.29, 1.82) is 0 Å². The highest BCUT2D eigenvalue weighted by Gasteiger charge is 2.10. The molecule has 27 heavy (non-hydrogen) atoms. The zero-order chi connectivity index (χ0) is 17.5. The third-order valence-electron chi connectivity index (χ3n) is 3.98. The summed E-state index contributed by atoms with van der Waals surface area (Å²) in [4.78, 5) is 16.7. The van der Waals surface area contributed by atoms with Crippen LogP contribution in [-0.2, 0) is 11.2 Å². The summed E-state index contributed by atoms with van der Waals surface area (Å²) in [6, 6.07) is 7.88. The fourth-order valence-corrected chi connectivity index (χ4v) is 3.48. The van der Waals surface area contributed by atoms with Gasteiger partial charge in [0, 0.05) is 24.0 Å².